The molecule has 0 atom stereocenters. The zero-order valence-corrected chi connectivity index (χ0v) is 17.6. The number of nitrogens with one attached hydrogen (secondary N) is 1. The molecule has 0 aliphatic rings. The molecule has 0 spiro atoms. The lowest BCUT2D eigenvalue weighted by molar-refractivity contribution is 0.0740. The number of anilines is 1. The molecule has 1 aromatic carbocycles. The number of rotatable bonds is 14. The van der Waals surface area contributed by atoms with Gasteiger partial charge in [-0.15, -0.1) is 0 Å². The van der Waals surface area contributed by atoms with Crippen LogP contribution in [-0.4, -0.2) is 58.2 Å². The highest BCUT2D eigenvalue weighted by atomic mass is 28.4. The number of benzene rings is 1. The molecule has 0 amide bonds. The fraction of sp³-hybridized carbons (Fsp3) is 0.684. The molecule has 0 aliphatic carbocycles. The highest BCUT2D eigenvalue weighted by Crippen LogP contribution is 2.13. The van der Waals surface area contributed by atoms with E-state index in [1.807, 2.05) is 51.1 Å². The van der Waals surface area contributed by atoms with Crippen LogP contribution in [0.3, 0.4) is 0 Å². The normalized spacial score (nSPS) is 11.0. The average molecular weight is 388 g/mol. The first kappa shape index (κ1) is 25.0. The highest BCUT2D eigenvalue weighted by Gasteiger charge is 2.40. The van der Waals surface area contributed by atoms with Crippen molar-refractivity contribution in [2.24, 2.45) is 0 Å². The summed E-state index contributed by atoms with van der Waals surface area (Å²) in [6, 6.07) is 10.0. The van der Waals surface area contributed by atoms with Crippen molar-refractivity contribution in [3.63, 3.8) is 0 Å². The van der Waals surface area contributed by atoms with E-state index in [0.717, 1.165) is 31.4 Å². The zero-order chi connectivity index (χ0) is 19.5. The summed E-state index contributed by atoms with van der Waals surface area (Å²) in [5.41, 5.74) is 1.05. The number of aliphatic hydroxyl groups excluding tert-OH is 2. The second-order valence-corrected chi connectivity index (χ2v) is 8.15. The van der Waals surface area contributed by atoms with Crippen molar-refractivity contribution in [1.82, 2.24) is 0 Å². The van der Waals surface area contributed by atoms with Gasteiger partial charge in [0.05, 0.1) is 6.17 Å². The van der Waals surface area contributed by atoms with Crippen molar-refractivity contribution in [1.29, 1.82) is 0 Å². The lowest BCUT2D eigenvalue weighted by atomic mass is 10.2. The van der Waals surface area contributed by atoms with Gasteiger partial charge in [0.2, 0.25) is 0 Å². The van der Waals surface area contributed by atoms with Gasteiger partial charge in [-0.1, -0.05) is 31.0 Å². The number of unbranched alkanes of at least 4 members (excludes halogenated alkanes) is 3. The molecule has 0 fully saturated rings. The molecule has 0 aromatic heterocycles. The summed E-state index contributed by atoms with van der Waals surface area (Å²) < 4.78 is 17.3. The standard InChI is InChI=1S/C13H23NO3Si.C6H14O2/c1-4-15-18(16-5-2,17-6-3)12-14-13-10-8-7-9-11-13;7-5-3-1-2-4-6-8/h7-11,14H,4-6,12H2,1-3H3;7-8H,1-6H2. The van der Waals surface area contributed by atoms with Crippen LogP contribution in [-0.2, 0) is 13.3 Å². The Morgan fingerprint density at radius 3 is 1.62 bits per heavy atom. The van der Waals surface area contributed by atoms with Crippen LogP contribution in [0.15, 0.2) is 30.3 Å². The van der Waals surface area contributed by atoms with E-state index in [9.17, 15) is 0 Å². The Balaban J connectivity index is 0.000000660. The molecule has 0 aliphatic heterocycles. The highest BCUT2D eigenvalue weighted by molar-refractivity contribution is 6.61. The molecule has 0 saturated heterocycles. The molecule has 0 bridgehead atoms. The summed E-state index contributed by atoms with van der Waals surface area (Å²) in [5, 5.41) is 19.9. The smallest absolute Gasteiger partial charge is 0.396 e. The van der Waals surface area contributed by atoms with E-state index in [4.69, 9.17) is 23.5 Å². The van der Waals surface area contributed by atoms with Gasteiger partial charge in [-0.25, -0.2) is 0 Å². The topological polar surface area (TPSA) is 80.2 Å². The maximum absolute atomic E-state index is 8.30. The zero-order valence-electron chi connectivity index (χ0n) is 16.6. The summed E-state index contributed by atoms with van der Waals surface area (Å²) in [5.74, 6) is 0. The van der Waals surface area contributed by atoms with Gasteiger partial charge < -0.3 is 28.8 Å². The predicted octanol–water partition coefficient (Wildman–Crippen LogP) is 3.22. The molecule has 0 radical (unpaired) electrons. The van der Waals surface area contributed by atoms with Crippen LogP contribution in [0.4, 0.5) is 5.69 Å². The third-order valence-corrected chi connectivity index (χ3v) is 6.24. The molecule has 0 heterocycles. The van der Waals surface area contributed by atoms with Crippen molar-refractivity contribution in [3.8, 4) is 0 Å². The summed E-state index contributed by atoms with van der Waals surface area (Å²) >= 11 is 0. The Morgan fingerprint density at radius 1 is 0.769 bits per heavy atom. The second-order valence-electron chi connectivity index (χ2n) is 5.56. The summed E-state index contributed by atoms with van der Waals surface area (Å²) in [6.45, 7) is 8.25. The Bertz CT molecular complexity index is 385. The molecule has 1 aromatic rings. The molecular formula is C19H37NO5Si. The van der Waals surface area contributed by atoms with E-state index in [2.05, 4.69) is 5.32 Å². The minimum absolute atomic E-state index is 0.283. The van der Waals surface area contributed by atoms with Crippen molar-refractivity contribution in [2.75, 3.05) is 44.5 Å². The SMILES string of the molecule is CCO[Si](CNc1ccccc1)(OCC)OCC.OCCCCCCO. The Hall–Kier alpha value is -0.963. The lowest BCUT2D eigenvalue weighted by Gasteiger charge is -2.28. The van der Waals surface area contributed by atoms with E-state index in [0.29, 0.717) is 26.0 Å². The maximum Gasteiger partial charge on any atom is 0.521 e. The van der Waals surface area contributed by atoms with E-state index in [-0.39, 0.29) is 13.2 Å². The Kier molecular flexibility index (Phi) is 16.8. The van der Waals surface area contributed by atoms with Gasteiger partial charge >= 0.3 is 8.80 Å². The van der Waals surface area contributed by atoms with Gasteiger partial charge in [0, 0.05) is 38.7 Å². The van der Waals surface area contributed by atoms with Crippen molar-refractivity contribution in [3.05, 3.63) is 30.3 Å². The number of hydrogen-bond acceptors (Lipinski definition) is 6. The minimum Gasteiger partial charge on any atom is -0.396 e. The summed E-state index contributed by atoms with van der Waals surface area (Å²) in [7, 11) is -2.59. The fourth-order valence-corrected chi connectivity index (χ4v) is 4.58. The Morgan fingerprint density at radius 2 is 1.23 bits per heavy atom. The van der Waals surface area contributed by atoms with Gasteiger partial charge in [0.25, 0.3) is 0 Å². The Labute approximate surface area is 159 Å². The third-order valence-electron chi connectivity index (χ3n) is 3.44. The van der Waals surface area contributed by atoms with E-state index in [1.165, 1.54) is 0 Å². The monoisotopic (exact) mass is 387 g/mol. The average Bonchev–Trinajstić information content (AvgIpc) is 2.66. The van der Waals surface area contributed by atoms with Crippen LogP contribution in [0.5, 0.6) is 0 Å². The van der Waals surface area contributed by atoms with E-state index >= 15 is 0 Å². The molecular weight excluding hydrogens is 350 g/mol. The largest absolute Gasteiger partial charge is 0.521 e. The third kappa shape index (κ3) is 12.4. The lowest BCUT2D eigenvalue weighted by Crippen LogP contribution is -2.52. The van der Waals surface area contributed by atoms with Crippen LogP contribution < -0.4 is 5.32 Å². The van der Waals surface area contributed by atoms with Gasteiger partial charge in [-0.2, -0.15) is 0 Å². The van der Waals surface area contributed by atoms with Crippen molar-refractivity contribution in [2.45, 2.75) is 46.5 Å². The number of para-hydroxylation sites is 1. The molecule has 26 heavy (non-hydrogen) atoms. The van der Waals surface area contributed by atoms with Gasteiger partial charge in [0.15, 0.2) is 0 Å². The predicted molar refractivity (Wildman–Crippen MR) is 108 cm³/mol. The molecule has 1 rings (SSSR count). The van der Waals surface area contributed by atoms with Gasteiger partial charge in [-0.05, 0) is 45.7 Å². The quantitative estimate of drug-likeness (QED) is 0.336. The summed E-state index contributed by atoms with van der Waals surface area (Å²) in [4.78, 5) is 0. The molecule has 0 unspecified atom stereocenters. The van der Waals surface area contributed by atoms with Gasteiger partial charge in [0.1, 0.15) is 0 Å². The van der Waals surface area contributed by atoms with Crippen LogP contribution in [0.1, 0.15) is 46.5 Å². The van der Waals surface area contributed by atoms with Gasteiger partial charge in [-0.3, -0.25) is 0 Å². The van der Waals surface area contributed by atoms with Crippen molar-refractivity contribution < 1.29 is 23.5 Å². The van der Waals surface area contributed by atoms with Crippen LogP contribution in [0, 0.1) is 0 Å². The molecule has 6 nitrogen and oxygen atoms in total. The number of aliphatic hydroxyl groups is 2. The number of hydrogen-bond donors (Lipinski definition) is 3. The minimum atomic E-state index is -2.59. The molecule has 3 N–H and O–H groups in total. The molecule has 7 heteroatoms. The molecule has 0 saturated carbocycles. The fourth-order valence-electron chi connectivity index (χ4n) is 2.28. The molecule has 152 valence electrons. The van der Waals surface area contributed by atoms with Crippen molar-refractivity contribution >= 4 is 14.5 Å². The maximum atomic E-state index is 8.30. The first-order chi connectivity index (χ1) is 12.7. The summed E-state index contributed by atoms with van der Waals surface area (Å²) in [6.07, 6.45) is 4.42. The first-order valence-electron chi connectivity index (χ1n) is 9.60. The second kappa shape index (κ2) is 17.5. The van der Waals surface area contributed by atoms with E-state index in [1.54, 1.807) is 0 Å². The van der Waals surface area contributed by atoms with Crippen LogP contribution >= 0.6 is 0 Å². The first-order valence-corrected chi connectivity index (χ1v) is 11.5. The van der Waals surface area contributed by atoms with Crippen LogP contribution in [0.25, 0.3) is 0 Å². The van der Waals surface area contributed by atoms with Crippen LogP contribution in [0.2, 0.25) is 0 Å². The van der Waals surface area contributed by atoms with E-state index < -0.39 is 8.80 Å².